The lowest BCUT2D eigenvalue weighted by atomic mass is 10.0. The van der Waals surface area contributed by atoms with Crippen LogP contribution in [0.5, 0.6) is 0 Å². The quantitative estimate of drug-likeness (QED) is 0.872. The molecule has 0 bridgehead atoms. The van der Waals surface area contributed by atoms with Crippen molar-refractivity contribution in [1.82, 2.24) is 5.32 Å². The van der Waals surface area contributed by atoms with Gasteiger partial charge in [-0.25, -0.2) is 8.78 Å². The average molecular weight is 293 g/mol. The number of hydrogen-bond acceptors (Lipinski definition) is 2. The van der Waals surface area contributed by atoms with E-state index in [0.717, 1.165) is 6.07 Å². The van der Waals surface area contributed by atoms with E-state index >= 15 is 0 Å². The predicted octanol–water partition coefficient (Wildman–Crippen LogP) is 2.03. The number of rotatable bonds is 5. The van der Waals surface area contributed by atoms with E-state index in [0.29, 0.717) is 18.5 Å². The molecule has 6 heteroatoms. The molecule has 0 radical (unpaired) electrons. The molecule has 0 fully saturated rings. The first-order chi connectivity index (χ1) is 8.40. The van der Waals surface area contributed by atoms with Crippen LogP contribution in [0.4, 0.5) is 8.78 Å². The third-order valence-electron chi connectivity index (χ3n) is 2.66. The van der Waals surface area contributed by atoms with Gasteiger partial charge in [0.15, 0.2) is 0 Å². The van der Waals surface area contributed by atoms with Gasteiger partial charge in [0.1, 0.15) is 11.6 Å². The van der Waals surface area contributed by atoms with Gasteiger partial charge in [-0.2, -0.15) is 0 Å². The largest absolute Gasteiger partial charge is 0.354 e. The zero-order valence-electron chi connectivity index (χ0n) is 11.0. The molecule has 1 aromatic carbocycles. The van der Waals surface area contributed by atoms with E-state index in [-0.39, 0.29) is 24.2 Å². The fourth-order valence-corrected chi connectivity index (χ4v) is 1.51. The van der Waals surface area contributed by atoms with Crippen LogP contribution in [0.3, 0.4) is 0 Å². The number of nitrogens with two attached hydrogens (primary N) is 1. The summed E-state index contributed by atoms with van der Waals surface area (Å²) >= 11 is 0. The molecule has 19 heavy (non-hydrogen) atoms. The van der Waals surface area contributed by atoms with Crippen molar-refractivity contribution in [2.75, 3.05) is 6.54 Å². The van der Waals surface area contributed by atoms with Crippen LogP contribution in [0, 0.1) is 17.6 Å². The molecule has 0 spiro atoms. The summed E-state index contributed by atoms with van der Waals surface area (Å²) < 4.78 is 25.8. The molecule has 0 aliphatic carbocycles. The van der Waals surface area contributed by atoms with Crippen LogP contribution in [0.1, 0.15) is 19.4 Å². The molecule has 1 rings (SSSR count). The highest BCUT2D eigenvalue weighted by Crippen LogP contribution is 2.08. The Balaban J connectivity index is 0.00000324. The Labute approximate surface area is 118 Å². The third kappa shape index (κ3) is 5.98. The monoisotopic (exact) mass is 292 g/mol. The van der Waals surface area contributed by atoms with E-state index in [1.54, 1.807) is 0 Å². The molecule has 0 heterocycles. The van der Waals surface area contributed by atoms with Crippen LogP contribution in [0.2, 0.25) is 0 Å². The Morgan fingerprint density at radius 1 is 1.26 bits per heavy atom. The van der Waals surface area contributed by atoms with Gasteiger partial charge in [-0.15, -0.1) is 12.4 Å². The van der Waals surface area contributed by atoms with Crippen molar-refractivity contribution in [2.45, 2.75) is 26.3 Å². The average Bonchev–Trinajstić information content (AvgIpc) is 2.26. The fraction of sp³-hybridized carbons (Fsp3) is 0.462. The lowest BCUT2D eigenvalue weighted by Gasteiger charge is -2.15. The molecular formula is C13H19ClF2N2O. The van der Waals surface area contributed by atoms with Gasteiger partial charge in [-0.3, -0.25) is 4.79 Å². The number of amides is 1. The van der Waals surface area contributed by atoms with Crippen molar-refractivity contribution < 1.29 is 13.6 Å². The SMILES string of the molecule is CC(C)C(N)C(=O)NCCc1cc(F)cc(F)c1.Cl. The van der Waals surface area contributed by atoms with Crippen molar-refractivity contribution >= 4 is 18.3 Å². The van der Waals surface area contributed by atoms with E-state index in [4.69, 9.17) is 5.73 Å². The van der Waals surface area contributed by atoms with Gasteiger partial charge in [0.25, 0.3) is 0 Å². The lowest BCUT2D eigenvalue weighted by Crippen LogP contribution is -2.44. The van der Waals surface area contributed by atoms with Crippen molar-refractivity contribution in [3.8, 4) is 0 Å². The highest BCUT2D eigenvalue weighted by Gasteiger charge is 2.16. The minimum absolute atomic E-state index is 0. The maximum atomic E-state index is 12.9. The second-order valence-electron chi connectivity index (χ2n) is 4.59. The number of halogens is 3. The Hall–Kier alpha value is -1.20. The second-order valence-corrected chi connectivity index (χ2v) is 4.59. The third-order valence-corrected chi connectivity index (χ3v) is 2.66. The van der Waals surface area contributed by atoms with E-state index in [1.807, 2.05) is 13.8 Å². The van der Waals surface area contributed by atoms with Crippen molar-refractivity contribution in [2.24, 2.45) is 11.7 Å². The first kappa shape index (κ1) is 17.8. The molecule has 3 N–H and O–H groups in total. The Morgan fingerprint density at radius 2 is 1.79 bits per heavy atom. The molecule has 1 aromatic rings. The van der Waals surface area contributed by atoms with Gasteiger partial charge >= 0.3 is 0 Å². The second kappa shape index (κ2) is 8.07. The molecular weight excluding hydrogens is 274 g/mol. The summed E-state index contributed by atoms with van der Waals surface area (Å²) in [5.41, 5.74) is 6.16. The summed E-state index contributed by atoms with van der Waals surface area (Å²) in [5.74, 6) is -1.43. The van der Waals surface area contributed by atoms with Crippen LogP contribution in [0.25, 0.3) is 0 Å². The van der Waals surface area contributed by atoms with E-state index in [9.17, 15) is 13.6 Å². The Morgan fingerprint density at radius 3 is 2.26 bits per heavy atom. The van der Waals surface area contributed by atoms with E-state index < -0.39 is 17.7 Å². The first-order valence-corrected chi connectivity index (χ1v) is 5.88. The minimum atomic E-state index is -0.616. The molecule has 0 saturated carbocycles. The van der Waals surface area contributed by atoms with Gasteiger partial charge in [0.2, 0.25) is 5.91 Å². The van der Waals surface area contributed by atoms with Crippen LogP contribution in [-0.4, -0.2) is 18.5 Å². The van der Waals surface area contributed by atoms with Crippen molar-refractivity contribution in [1.29, 1.82) is 0 Å². The smallest absolute Gasteiger partial charge is 0.237 e. The van der Waals surface area contributed by atoms with Crippen LogP contribution < -0.4 is 11.1 Å². The molecule has 0 saturated heterocycles. The summed E-state index contributed by atoms with van der Waals surface area (Å²) in [4.78, 5) is 11.5. The zero-order chi connectivity index (χ0) is 13.7. The normalized spacial score (nSPS) is 11.9. The van der Waals surface area contributed by atoms with Gasteiger partial charge in [-0.1, -0.05) is 13.8 Å². The molecule has 1 amide bonds. The van der Waals surface area contributed by atoms with Crippen LogP contribution >= 0.6 is 12.4 Å². The lowest BCUT2D eigenvalue weighted by molar-refractivity contribution is -0.123. The van der Waals surface area contributed by atoms with Crippen LogP contribution in [-0.2, 0) is 11.2 Å². The Kier molecular flexibility index (Phi) is 7.56. The van der Waals surface area contributed by atoms with Gasteiger partial charge in [-0.05, 0) is 30.0 Å². The minimum Gasteiger partial charge on any atom is -0.354 e. The summed E-state index contributed by atoms with van der Waals surface area (Å²) in [6, 6.07) is 2.75. The Bertz CT molecular complexity index is 407. The number of hydrogen-bond donors (Lipinski definition) is 2. The summed E-state index contributed by atoms with van der Waals surface area (Å²) in [7, 11) is 0. The maximum absolute atomic E-state index is 12.9. The summed E-state index contributed by atoms with van der Waals surface area (Å²) in [6.45, 7) is 4.01. The zero-order valence-corrected chi connectivity index (χ0v) is 11.8. The molecule has 108 valence electrons. The number of nitrogens with one attached hydrogen (secondary N) is 1. The first-order valence-electron chi connectivity index (χ1n) is 5.88. The number of benzene rings is 1. The van der Waals surface area contributed by atoms with Crippen LogP contribution in [0.15, 0.2) is 18.2 Å². The number of carbonyl (C=O) groups excluding carboxylic acids is 1. The molecule has 3 nitrogen and oxygen atoms in total. The maximum Gasteiger partial charge on any atom is 0.237 e. The van der Waals surface area contributed by atoms with Gasteiger partial charge in [0, 0.05) is 12.6 Å². The molecule has 0 aliphatic rings. The van der Waals surface area contributed by atoms with Gasteiger partial charge < -0.3 is 11.1 Å². The fourth-order valence-electron chi connectivity index (χ4n) is 1.51. The standard InChI is InChI=1S/C13H18F2N2O.ClH/c1-8(2)12(16)13(18)17-4-3-9-5-10(14)7-11(15)6-9;/h5-8,12H,3-4,16H2,1-2H3,(H,17,18);1H. The number of carbonyl (C=O) groups is 1. The highest BCUT2D eigenvalue weighted by molar-refractivity contribution is 5.85. The van der Waals surface area contributed by atoms with Gasteiger partial charge in [0.05, 0.1) is 6.04 Å². The summed E-state index contributed by atoms with van der Waals surface area (Å²) in [5, 5.41) is 2.64. The molecule has 1 unspecified atom stereocenters. The highest BCUT2D eigenvalue weighted by atomic mass is 35.5. The van der Waals surface area contributed by atoms with E-state index in [2.05, 4.69) is 5.32 Å². The summed E-state index contributed by atoms with van der Waals surface area (Å²) in [6.07, 6.45) is 0.366. The van der Waals surface area contributed by atoms with E-state index in [1.165, 1.54) is 12.1 Å². The molecule has 1 atom stereocenters. The molecule has 0 aromatic heterocycles. The molecule has 0 aliphatic heterocycles. The van der Waals surface area contributed by atoms with Crippen molar-refractivity contribution in [3.05, 3.63) is 35.4 Å². The predicted molar refractivity (Wildman–Crippen MR) is 73.1 cm³/mol. The topological polar surface area (TPSA) is 55.1 Å². The van der Waals surface area contributed by atoms with Crippen molar-refractivity contribution in [3.63, 3.8) is 0 Å².